The monoisotopic (exact) mass is 382 g/mol. The summed E-state index contributed by atoms with van der Waals surface area (Å²) in [4.78, 5) is 15.6. The van der Waals surface area contributed by atoms with E-state index < -0.39 is 11.5 Å². The van der Waals surface area contributed by atoms with E-state index in [2.05, 4.69) is 10.3 Å². The van der Waals surface area contributed by atoms with E-state index in [1.54, 1.807) is 18.2 Å². The van der Waals surface area contributed by atoms with Gasteiger partial charge in [-0.25, -0.2) is 8.78 Å². The van der Waals surface area contributed by atoms with Crippen molar-refractivity contribution in [3.8, 4) is 11.3 Å². The second-order valence-electron chi connectivity index (χ2n) is 7.56. The third-order valence-corrected chi connectivity index (χ3v) is 5.78. The summed E-state index contributed by atoms with van der Waals surface area (Å²) in [6.07, 6.45) is 0.991. The molecule has 3 aromatic rings. The van der Waals surface area contributed by atoms with Crippen LogP contribution in [0.5, 0.6) is 0 Å². The number of hydrogen-bond acceptors (Lipinski definition) is 3. The van der Waals surface area contributed by atoms with Crippen LogP contribution in [-0.4, -0.2) is 30.5 Å². The van der Waals surface area contributed by atoms with Crippen molar-refractivity contribution in [1.82, 2.24) is 10.3 Å². The highest BCUT2D eigenvalue weighted by Gasteiger charge is 2.36. The van der Waals surface area contributed by atoms with Crippen LogP contribution in [0, 0.1) is 5.82 Å². The minimum absolute atomic E-state index is 0.0257. The molecule has 2 aliphatic rings. The number of piperidine rings is 1. The number of aromatic nitrogens is 1. The van der Waals surface area contributed by atoms with Crippen LogP contribution >= 0.6 is 0 Å². The lowest BCUT2D eigenvalue weighted by Gasteiger charge is -2.31. The predicted octanol–water partition coefficient (Wildman–Crippen LogP) is 4.24. The number of carbonyl (C=O) groups is 1. The Morgan fingerprint density at radius 2 is 2.04 bits per heavy atom. The molecule has 1 saturated heterocycles. The fourth-order valence-corrected chi connectivity index (χ4v) is 4.40. The van der Waals surface area contributed by atoms with Gasteiger partial charge in [0.05, 0.1) is 12.3 Å². The van der Waals surface area contributed by atoms with Gasteiger partial charge in [-0.2, -0.15) is 0 Å². The average Bonchev–Trinajstić information content (AvgIpc) is 2.98. The minimum atomic E-state index is -1.68. The zero-order valence-electron chi connectivity index (χ0n) is 15.3. The van der Waals surface area contributed by atoms with E-state index >= 15 is 4.39 Å². The Morgan fingerprint density at radius 3 is 2.82 bits per heavy atom. The summed E-state index contributed by atoms with van der Waals surface area (Å²) in [5.41, 5.74) is 1.98. The van der Waals surface area contributed by atoms with Gasteiger partial charge in [-0.3, -0.25) is 4.79 Å². The van der Waals surface area contributed by atoms with Gasteiger partial charge in [0.15, 0.2) is 11.5 Å². The predicted molar refractivity (Wildman–Crippen MR) is 103 cm³/mol. The number of benzene rings is 2. The third kappa shape index (κ3) is 2.67. The van der Waals surface area contributed by atoms with Gasteiger partial charge < -0.3 is 15.0 Å². The van der Waals surface area contributed by atoms with Crippen LogP contribution < -0.4 is 5.32 Å². The summed E-state index contributed by atoms with van der Waals surface area (Å²) in [7, 11) is 0. The van der Waals surface area contributed by atoms with Gasteiger partial charge in [-0.05, 0) is 31.5 Å². The van der Waals surface area contributed by atoms with Crippen molar-refractivity contribution >= 4 is 16.7 Å². The van der Waals surface area contributed by atoms with Crippen LogP contribution in [0.15, 0.2) is 36.4 Å². The zero-order valence-corrected chi connectivity index (χ0v) is 15.3. The van der Waals surface area contributed by atoms with Gasteiger partial charge in [-0.15, -0.1) is 0 Å². The molecule has 28 heavy (non-hydrogen) atoms. The summed E-state index contributed by atoms with van der Waals surface area (Å²) in [5, 5.41) is 3.83. The summed E-state index contributed by atoms with van der Waals surface area (Å²) in [6.45, 7) is 1.17. The van der Waals surface area contributed by atoms with Crippen LogP contribution in [0.3, 0.4) is 0 Å². The molecule has 1 aromatic heterocycles. The number of nitrogens with one attached hydrogen (secondary N) is 2. The first-order valence-corrected chi connectivity index (χ1v) is 9.51. The molecular weight excluding hydrogens is 362 g/mol. The Morgan fingerprint density at radius 1 is 1.14 bits per heavy atom. The number of ketones is 1. The first-order valence-electron chi connectivity index (χ1n) is 9.51. The number of halogens is 2. The maximum atomic E-state index is 15.2. The van der Waals surface area contributed by atoms with Gasteiger partial charge in [0, 0.05) is 39.7 Å². The van der Waals surface area contributed by atoms with Gasteiger partial charge in [0.25, 0.3) is 0 Å². The van der Waals surface area contributed by atoms with Crippen LogP contribution in [0.25, 0.3) is 22.2 Å². The first-order chi connectivity index (χ1) is 13.6. The van der Waals surface area contributed by atoms with E-state index in [9.17, 15) is 9.18 Å². The molecular formula is C22H20F2N2O2. The van der Waals surface area contributed by atoms with Crippen molar-refractivity contribution in [2.45, 2.75) is 25.1 Å². The summed E-state index contributed by atoms with van der Waals surface area (Å²) in [5.74, 6) is -0.624. The Hall–Kier alpha value is -2.57. The fraction of sp³-hybridized carbons (Fsp3) is 0.318. The Balaban J connectivity index is 1.63. The summed E-state index contributed by atoms with van der Waals surface area (Å²) in [6, 6.07) is 10.1. The first kappa shape index (κ1) is 17.5. The van der Waals surface area contributed by atoms with E-state index in [0.717, 1.165) is 23.0 Å². The van der Waals surface area contributed by atoms with Gasteiger partial charge in [0.2, 0.25) is 0 Å². The molecule has 6 heteroatoms. The number of aromatic amines is 1. The highest BCUT2D eigenvalue weighted by molar-refractivity contribution is 6.11. The molecule has 1 unspecified atom stereocenters. The van der Waals surface area contributed by atoms with Gasteiger partial charge in [0.1, 0.15) is 12.4 Å². The van der Waals surface area contributed by atoms with Crippen molar-refractivity contribution in [3.63, 3.8) is 0 Å². The molecule has 0 aliphatic carbocycles. The lowest BCUT2D eigenvalue weighted by Crippen LogP contribution is -2.40. The fourth-order valence-electron chi connectivity index (χ4n) is 4.40. The number of H-pyrrole nitrogens is 1. The quantitative estimate of drug-likeness (QED) is 0.697. The number of Topliss-reactive ketones (excluding diaryl/α,β-unsaturated/α-hetero) is 1. The Bertz CT molecular complexity index is 1080. The standard InChI is InChI=1S/C22H20F2N2O2/c23-17-9-13(5-6-16(17)22(24)7-2-8-25-12-22)21-15-10-28-11-19(27)14-3-1-4-18(26-21)20(14)15/h1,3-6,9,25-26H,2,7-8,10-12H2. The van der Waals surface area contributed by atoms with Crippen molar-refractivity contribution < 1.29 is 18.3 Å². The van der Waals surface area contributed by atoms with E-state index in [-0.39, 0.29) is 31.1 Å². The molecule has 0 amide bonds. The maximum absolute atomic E-state index is 15.2. The molecule has 2 N–H and O–H groups in total. The van der Waals surface area contributed by atoms with Gasteiger partial charge in [-0.1, -0.05) is 24.3 Å². The maximum Gasteiger partial charge on any atom is 0.189 e. The molecule has 5 rings (SSSR count). The Labute approximate surface area is 160 Å². The molecule has 0 saturated carbocycles. The van der Waals surface area contributed by atoms with Crippen molar-refractivity contribution in [1.29, 1.82) is 0 Å². The van der Waals surface area contributed by atoms with Crippen LogP contribution in [0.1, 0.15) is 34.3 Å². The second kappa shape index (κ2) is 6.50. The van der Waals surface area contributed by atoms with Crippen LogP contribution in [-0.2, 0) is 17.0 Å². The van der Waals surface area contributed by atoms with Crippen molar-refractivity contribution in [2.75, 3.05) is 19.7 Å². The number of rotatable bonds is 2. The molecule has 2 aliphatic heterocycles. The molecule has 3 heterocycles. The van der Waals surface area contributed by atoms with E-state index in [1.807, 2.05) is 12.1 Å². The highest BCUT2D eigenvalue weighted by Crippen LogP contribution is 2.38. The van der Waals surface area contributed by atoms with E-state index in [0.29, 0.717) is 29.7 Å². The number of hydrogen-bond donors (Lipinski definition) is 2. The van der Waals surface area contributed by atoms with Crippen molar-refractivity contribution in [3.05, 3.63) is 58.9 Å². The molecule has 2 aromatic carbocycles. The minimum Gasteiger partial charge on any atom is -0.369 e. The van der Waals surface area contributed by atoms with Crippen LogP contribution in [0.4, 0.5) is 8.78 Å². The van der Waals surface area contributed by atoms with Gasteiger partial charge >= 0.3 is 0 Å². The molecule has 1 atom stereocenters. The smallest absolute Gasteiger partial charge is 0.189 e. The van der Waals surface area contributed by atoms with Crippen molar-refractivity contribution in [2.24, 2.45) is 0 Å². The largest absolute Gasteiger partial charge is 0.369 e. The zero-order chi connectivity index (χ0) is 19.3. The number of alkyl halides is 1. The van der Waals surface area contributed by atoms with Crippen LogP contribution in [0.2, 0.25) is 0 Å². The normalized spacial score (nSPS) is 22.4. The second-order valence-corrected chi connectivity index (χ2v) is 7.56. The lowest BCUT2D eigenvalue weighted by atomic mass is 9.87. The SMILES string of the molecule is O=C1COCc2c(-c3ccc(C4(F)CCCNC4)c(F)c3)[nH]c3cccc1c23. The summed E-state index contributed by atoms with van der Waals surface area (Å²) < 4.78 is 35.7. The topological polar surface area (TPSA) is 54.1 Å². The molecule has 0 bridgehead atoms. The molecule has 0 spiro atoms. The third-order valence-electron chi connectivity index (χ3n) is 5.78. The van der Waals surface area contributed by atoms with E-state index in [4.69, 9.17) is 4.74 Å². The average molecular weight is 382 g/mol. The number of carbonyl (C=O) groups excluding carboxylic acids is 1. The summed E-state index contributed by atoms with van der Waals surface area (Å²) >= 11 is 0. The Kier molecular flexibility index (Phi) is 4.07. The highest BCUT2D eigenvalue weighted by atomic mass is 19.1. The number of ether oxygens (including phenoxy) is 1. The van der Waals surface area contributed by atoms with E-state index in [1.165, 1.54) is 6.07 Å². The molecule has 0 radical (unpaired) electrons. The molecule has 144 valence electrons. The molecule has 1 fully saturated rings. The molecule has 4 nitrogen and oxygen atoms in total. The lowest BCUT2D eigenvalue weighted by molar-refractivity contribution is 0.0742.